The predicted molar refractivity (Wildman–Crippen MR) is 210 cm³/mol. The molecule has 15 heteroatoms. The summed E-state index contributed by atoms with van der Waals surface area (Å²) in [6.07, 6.45) is 4.32. The number of carbonyl (C=O) groups is 4. The topological polar surface area (TPSA) is 139 Å². The molecule has 0 radical (unpaired) electrons. The summed E-state index contributed by atoms with van der Waals surface area (Å²) in [5, 5.41) is 0. The Morgan fingerprint density at radius 1 is 0.586 bits per heavy atom. The van der Waals surface area contributed by atoms with Crippen LogP contribution in [-0.4, -0.2) is 114 Å². The molecule has 0 bridgehead atoms. The summed E-state index contributed by atoms with van der Waals surface area (Å²) in [6.45, 7) is 6.61. The summed E-state index contributed by atoms with van der Waals surface area (Å²) >= 11 is 0. The molecule has 6 heterocycles. The highest BCUT2D eigenvalue weighted by molar-refractivity contribution is 6.35. The fourth-order valence-electron chi connectivity index (χ4n) is 8.78. The third-order valence-electron chi connectivity index (χ3n) is 12.3. The maximum atomic E-state index is 14.3. The van der Waals surface area contributed by atoms with Crippen molar-refractivity contribution in [3.63, 3.8) is 0 Å². The Morgan fingerprint density at radius 2 is 0.948 bits per heavy atom. The molecule has 4 aliphatic heterocycles. The monoisotopic (exact) mass is 798 g/mol. The van der Waals surface area contributed by atoms with E-state index in [1.54, 1.807) is 17.3 Å². The summed E-state index contributed by atoms with van der Waals surface area (Å²) in [4.78, 5) is 74.8. The van der Waals surface area contributed by atoms with E-state index in [2.05, 4.69) is 26.9 Å². The minimum absolute atomic E-state index is 0.138. The molecule has 12 nitrogen and oxygen atoms in total. The zero-order chi connectivity index (χ0) is 40.9. The molecule has 0 spiro atoms. The second kappa shape index (κ2) is 15.4. The van der Waals surface area contributed by atoms with Crippen LogP contribution in [0.15, 0.2) is 60.9 Å². The van der Waals surface area contributed by atoms with Crippen LogP contribution in [0.25, 0.3) is 33.6 Å². The largest absolute Gasteiger partial charge is 0.340 e. The molecule has 8 rings (SSSR count). The zero-order valence-corrected chi connectivity index (χ0v) is 33.0. The Hall–Kier alpha value is -5.47. The van der Waals surface area contributed by atoms with E-state index in [4.69, 9.17) is 0 Å². The Morgan fingerprint density at radius 3 is 1.34 bits per heavy atom. The second-order valence-corrected chi connectivity index (χ2v) is 17.0. The number of hydrogen-bond donors (Lipinski definition) is 2. The van der Waals surface area contributed by atoms with E-state index in [0.29, 0.717) is 37.6 Å². The summed E-state index contributed by atoms with van der Waals surface area (Å²) in [5.74, 6) is -3.86. The average molecular weight is 799 g/mol. The van der Waals surface area contributed by atoms with Crippen molar-refractivity contribution in [1.82, 2.24) is 39.5 Å². The van der Waals surface area contributed by atoms with Gasteiger partial charge < -0.3 is 29.6 Å². The van der Waals surface area contributed by atoms with E-state index >= 15 is 0 Å². The highest BCUT2D eigenvalue weighted by Crippen LogP contribution is 2.38. The molecular weight excluding hydrogens is 750 g/mol. The number of imidazole rings is 2. The van der Waals surface area contributed by atoms with Gasteiger partial charge in [0.1, 0.15) is 17.3 Å². The van der Waals surface area contributed by atoms with Crippen molar-refractivity contribution >= 4 is 23.6 Å². The fraction of sp³-hybridized carbons (Fsp3) is 0.488. The molecule has 4 amide bonds. The van der Waals surface area contributed by atoms with Crippen LogP contribution in [0.5, 0.6) is 0 Å². The zero-order valence-electron chi connectivity index (χ0n) is 33.0. The number of carbonyl (C=O) groups excluding carboxylic acids is 4. The van der Waals surface area contributed by atoms with Gasteiger partial charge >= 0.3 is 23.6 Å². The molecule has 4 saturated heterocycles. The molecular formula is C43H49F3N8O4. The summed E-state index contributed by atoms with van der Waals surface area (Å²) in [7, 11) is 0. The molecule has 4 atom stereocenters. The SMILES string of the molecule is C[C@H]1C[C@@H](c2ncc(-c3ccc(-c4ccc(-c5cnc([C@@H]6C[C@H](C)CN6C(=O)C(=O)N6CCC(F)(F)CC6)[nH]5)cc4)cc3)[nH]2)N(C(=O)C(=O)N2CCC(C)(F)CC2)C1. The van der Waals surface area contributed by atoms with Gasteiger partial charge in [0.05, 0.1) is 35.9 Å². The van der Waals surface area contributed by atoms with Gasteiger partial charge in [-0.1, -0.05) is 62.4 Å². The van der Waals surface area contributed by atoms with Crippen LogP contribution in [0.1, 0.15) is 83.0 Å². The number of likely N-dealkylation sites (tertiary alicyclic amines) is 4. The number of aromatic nitrogens is 4. The fourth-order valence-corrected chi connectivity index (χ4v) is 8.78. The highest BCUT2D eigenvalue weighted by Gasteiger charge is 2.44. The van der Waals surface area contributed by atoms with Gasteiger partial charge in [0, 0.05) is 52.1 Å². The average Bonchev–Trinajstić information content (AvgIpc) is 4.04. The van der Waals surface area contributed by atoms with Gasteiger partial charge in [0.25, 0.3) is 5.92 Å². The van der Waals surface area contributed by atoms with Crippen LogP contribution in [0.3, 0.4) is 0 Å². The lowest BCUT2D eigenvalue weighted by molar-refractivity contribution is -0.155. The summed E-state index contributed by atoms with van der Waals surface area (Å²) in [6, 6.07) is 15.3. The van der Waals surface area contributed by atoms with Gasteiger partial charge in [-0.2, -0.15) is 0 Å². The maximum Gasteiger partial charge on any atom is 0.312 e. The number of aromatic amines is 2. The number of benzene rings is 2. The lowest BCUT2D eigenvalue weighted by Crippen LogP contribution is -2.50. The first kappa shape index (κ1) is 39.4. The molecule has 2 N–H and O–H groups in total. The standard InChI is InChI=1S/C43H49F3N8O4/c1-26-20-34(53(24-26)40(57)38(55)51-16-12-42(3,44)13-17-51)36-47-22-32(49-36)30-8-4-28(5-9-30)29-6-10-31(11-7-29)33-23-48-37(50-33)35-21-27(2)25-54(35)41(58)39(56)52-18-14-43(45,46)15-19-52/h4-11,22-23,26-27,34-35H,12-21,24-25H2,1-3H3,(H,47,49)(H,48,50)/t26-,27-,34-,35-/m0/s1. The van der Waals surface area contributed by atoms with Crippen LogP contribution in [0.4, 0.5) is 13.2 Å². The van der Waals surface area contributed by atoms with Gasteiger partial charge in [0.15, 0.2) is 0 Å². The van der Waals surface area contributed by atoms with Crippen LogP contribution < -0.4 is 0 Å². The molecule has 4 aromatic rings. The smallest absolute Gasteiger partial charge is 0.312 e. The lowest BCUT2D eigenvalue weighted by atomic mass is 9.95. The van der Waals surface area contributed by atoms with Crippen molar-refractivity contribution < 1.29 is 32.3 Å². The molecule has 2 aromatic carbocycles. The quantitative estimate of drug-likeness (QED) is 0.220. The van der Waals surface area contributed by atoms with Crippen LogP contribution in [-0.2, 0) is 19.2 Å². The molecule has 306 valence electrons. The Bertz CT molecular complexity index is 2010. The van der Waals surface area contributed by atoms with E-state index < -0.39 is 54.1 Å². The minimum atomic E-state index is -2.81. The Balaban J connectivity index is 0.904. The van der Waals surface area contributed by atoms with Crippen molar-refractivity contribution in [1.29, 1.82) is 0 Å². The van der Waals surface area contributed by atoms with Gasteiger partial charge in [0.2, 0.25) is 0 Å². The van der Waals surface area contributed by atoms with Crippen molar-refractivity contribution in [3.05, 3.63) is 72.6 Å². The predicted octanol–water partition coefficient (Wildman–Crippen LogP) is 6.56. The van der Waals surface area contributed by atoms with Crippen LogP contribution in [0, 0.1) is 11.8 Å². The molecule has 58 heavy (non-hydrogen) atoms. The number of H-pyrrole nitrogens is 2. The maximum absolute atomic E-state index is 14.3. The molecule has 0 aliphatic carbocycles. The van der Waals surface area contributed by atoms with E-state index in [1.807, 2.05) is 55.5 Å². The number of hydrogen-bond acceptors (Lipinski definition) is 6. The Kier molecular flexibility index (Phi) is 10.4. The molecule has 0 saturated carbocycles. The van der Waals surface area contributed by atoms with Gasteiger partial charge in [-0.15, -0.1) is 0 Å². The van der Waals surface area contributed by atoms with E-state index in [9.17, 15) is 32.3 Å². The second-order valence-electron chi connectivity index (χ2n) is 17.0. The molecule has 4 aliphatic rings. The first-order valence-corrected chi connectivity index (χ1v) is 20.2. The molecule has 0 unspecified atom stereocenters. The van der Waals surface area contributed by atoms with Crippen molar-refractivity contribution in [2.24, 2.45) is 11.8 Å². The molecule has 4 fully saturated rings. The van der Waals surface area contributed by atoms with Crippen molar-refractivity contribution in [2.75, 3.05) is 39.3 Å². The van der Waals surface area contributed by atoms with E-state index in [-0.39, 0.29) is 56.9 Å². The molecule has 2 aromatic heterocycles. The van der Waals surface area contributed by atoms with Gasteiger partial charge in [-0.25, -0.2) is 23.1 Å². The van der Waals surface area contributed by atoms with E-state index in [0.717, 1.165) is 33.6 Å². The Labute approximate surface area is 335 Å². The number of nitrogens with one attached hydrogen (secondary N) is 2. The number of nitrogens with zero attached hydrogens (tertiary/aromatic N) is 6. The van der Waals surface area contributed by atoms with Crippen molar-refractivity contribution in [3.8, 4) is 33.6 Å². The number of alkyl halides is 3. The normalized spacial score (nSPS) is 24.3. The number of amides is 4. The van der Waals surface area contributed by atoms with Gasteiger partial charge in [-0.3, -0.25) is 19.2 Å². The third-order valence-corrected chi connectivity index (χ3v) is 12.3. The first-order chi connectivity index (χ1) is 27.6. The summed E-state index contributed by atoms with van der Waals surface area (Å²) < 4.78 is 41.7. The van der Waals surface area contributed by atoms with E-state index in [1.165, 1.54) is 21.6 Å². The van der Waals surface area contributed by atoms with Crippen molar-refractivity contribution in [2.45, 2.75) is 83.0 Å². The highest BCUT2D eigenvalue weighted by atomic mass is 19.3. The minimum Gasteiger partial charge on any atom is -0.340 e. The van der Waals surface area contributed by atoms with Crippen LogP contribution >= 0.6 is 0 Å². The number of piperidine rings is 2. The van der Waals surface area contributed by atoms with Crippen LogP contribution in [0.2, 0.25) is 0 Å². The van der Waals surface area contributed by atoms with Gasteiger partial charge in [-0.05, 0) is 66.7 Å². The third kappa shape index (κ3) is 7.99. The lowest BCUT2D eigenvalue weighted by Gasteiger charge is -2.35. The number of rotatable bonds is 5. The number of halogens is 3. The first-order valence-electron chi connectivity index (χ1n) is 20.2. The summed E-state index contributed by atoms with van der Waals surface area (Å²) in [5.41, 5.74) is 4.05.